The number of hydrogen-bond donors (Lipinski definition) is 2. The number of hydrogen-bond acceptors (Lipinski definition) is 3. The van der Waals surface area contributed by atoms with E-state index in [0.717, 1.165) is 12.0 Å². The van der Waals surface area contributed by atoms with E-state index in [1.165, 1.54) is 27.8 Å². The molecule has 2 atom stereocenters. The zero-order valence-corrected chi connectivity index (χ0v) is 18.5. The first-order valence-corrected chi connectivity index (χ1v) is 10.6. The summed E-state index contributed by atoms with van der Waals surface area (Å²) in [7, 11) is 0. The summed E-state index contributed by atoms with van der Waals surface area (Å²) in [5.41, 5.74) is 7.45. The number of ether oxygens (including phenoxy) is 1. The molecule has 0 heterocycles. The Balaban J connectivity index is 1.93. The molecule has 0 spiro atoms. The van der Waals surface area contributed by atoms with E-state index in [9.17, 15) is 5.11 Å². The Morgan fingerprint density at radius 2 is 1.67 bits per heavy atom. The number of aryl methyl sites for hydroxylation is 3. The van der Waals surface area contributed by atoms with Crippen LogP contribution in [0.5, 0.6) is 5.75 Å². The molecule has 0 amide bonds. The van der Waals surface area contributed by atoms with Crippen LogP contribution in [0, 0.1) is 20.8 Å². The van der Waals surface area contributed by atoms with Crippen LogP contribution in [0.2, 0.25) is 5.02 Å². The highest BCUT2D eigenvalue weighted by molar-refractivity contribution is 6.32. The van der Waals surface area contributed by atoms with Gasteiger partial charge in [-0.2, -0.15) is 0 Å². The second-order valence-corrected chi connectivity index (χ2v) is 8.33. The maximum Gasteiger partial charge on any atom is 0.138 e. The molecule has 2 N–H and O–H groups in total. The van der Waals surface area contributed by atoms with Gasteiger partial charge < -0.3 is 14.9 Å². The van der Waals surface area contributed by atoms with E-state index in [4.69, 9.17) is 21.4 Å². The van der Waals surface area contributed by atoms with Gasteiger partial charge in [0, 0.05) is 5.92 Å². The van der Waals surface area contributed by atoms with Gasteiger partial charge in [-0.3, -0.25) is 0 Å². The Morgan fingerprint density at radius 1 is 0.900 bits per heavy atom. The molecule has 0 saturated heterocycles. The Bertz CT molecular complexity index is 999. The van der Waals surface area contributed by atoms with E-state index in [1.54, 1.807) is 0 Å². The standard InChI is InChI=1S/C26H29ClO3/c1-17-5-4-6-21(11-17)24(13-20-8-7-18(2)19(3)12-20)22-9-10-26(25(27)14-22)30-16-23(29)15-28/h4-12,14,23-24,28-29H,13,15-16H2,1-3H3. The topological polar surface area (TPSA) is 49.7 Å². The average Bonchev–Trinajstić information content (AvgIpc) is 2.73. The predicted molar refractivity (Wildman–Crippen MR) is 123 cm³/mol. The van der Waals surface area contributed by atoms with Crippen molar-refractivity contribution < 1.29 is 14.9 Å². The molecule has 3 nitrogen and oxygen atoms in total. The SMILES string of the molecule is Cc1cccc(C(Cc2ccc(C)c(C)c2)c2ccc(OCC(O)CO)c(Cl)c2)c1. The molecule has 0 saturated carbocycles. The number of aliphatic hydroxyl groups excluding tert-OH is 2. The lowest BCUT2D eigenvalue weighted by molar-refractivity contribution is 0.0536. The van der Waals surface area contributed by atoms with E-state index in [1.807, 2.05) is 18.2 Å². The molecule has 0 aliphatic carbocycles. The fourth-order valence-corrected chi connectivity index (χ4v) is 3.81. The maximum atomic E-state index is 9.52. The average molecular weight is 425 g/mol. The van der Waals surface area contributed by atoms with Crippen LogP contribution in [0.25, 0.3) is 0 Å². The summed E-state index contributed by atoms with van der Waals surface area (Å²) in [6.07, 6.45) is -0.0600. The lowest BCUT2D eigenvalue weighted by Gasteiger charge is -2.21. The smallest absolute Gasteiger partial charge is 0.138 e. The van der Waals surface area contributed by atoms with Crippen molar-refractivity contribution in [3.63, 3.8) is 0 Å². The summed E-state index contributed by atoms with van der Waals surface area (Å²) in [5, 5.41) is 19.0. The Morgan fingerprint density at radius 3 is 2.33 bits per heavy atom. The minimum absolute atomic E-state index is 0.000478. The van der Waals surface area contributed by atoms with Crippen molar-refractivity contribution >= 4 is 11.6 Å². The highest BCUT2D eigenvalue weighted by Crippen LogP contribution is 2.34. The summed E-state index contributed by atoms with van der Waals surface area (Å²) in [6.45, 7) is 6.03. The second kappa shape index (κ2) is 10.1. The summed E-state index contributed by atoms with van der Waals surface area (Å²) in [5.74, 6) is 0.656. The second-order valence-electron chi connectivity index (χ2n) is 7.93. The van der Waals surface area contributed by atoms with Crippen LogP contribution in [-0.4, -0.2) is 29.5 Å². The number of rotatable bonds is 8. The van der Waals surface area contributed by atoms with Gasteiger partial charge in [0.1, 0.15) is 18.5 Å². The van der Waals surface area contributed by atoms with Gasteiger partial charge in [-0.25, -0.2) is 0 Å². The lowest BCUT2D eigenvalue weighted by Crippen LogP contribution is -2.21. The summed E-state index contributed by atoms with van der Waals surface area (Å²) >= 11 is 6.50. The molecule has 3 aromatic carbocycles. The first kappa shape index (κ1) is 22.4. The van der Waals surface area contributed by atoms with E-state index < -0.39 is 6.10 Å². The highest BCUT2D eigenvalue weighted by atomic mass is 35.5. The van der Waals surface area contributed by atoms with Crippen LogP contribution < -0.4 is 4.74 Å². The number of benzene rings is 3. The van der Waals surface area contributed by atoms with Crippen LogP contribution in [-0.2, 0) is 6.42 Å². The minimum Gasteiger partial charge on any atom is -0.489 e. The van der Waals surface area contributed by atoms with Gasteiger partial charge in [-0.1, -0.05) is 65.7 Å². The normalized spacial score (nSPS) is 13.1. The fraction of sp³-hybridized carbons (Fsp3) is 0.308. The van der Waals surface area contributed by atoms with Crippen molar-refractivity contribution in [2.24, 2.45) is 0 Å². The van der Waals surface area contributed by atoms with Crippen molar-refractivity contribution in [1.82, 2.24) is 0 Å². The van der Waals surface area contributed by atoms with Crippen LogP contribution in [0.1, 0.15) is 39.3 Å². The van der Waals surface area contributed by atoms with Gasteiger partial charge in [-0.05, 0) is 67.1 Å². The molecular weight excluding hydrogens is 396 g/mol. The van der Waals surface area contributed by atoms with Gasteiger partial charge in [0.15, 0.2) is 0 Å². The van der Waals surface area contributed by atoms with E-state index >= 15 is 0 Å². The van der Waals surface area contributed by atoms with Gasteiger partial charge in [-0.15, -0.1) is 0 Å². The first-order valence-electron chi connectivity index (χ1n) is 10.2. The molecule has 3 rings (SSSR count). The largest absolute Gasteiger partial charge is 0.489 e. The van der Waals surface area contributed by atoms with Crippen molar-refractivity contribution in [2.75, 3.05) is 13.2 Å². The van der Waals surface area contributed by atoms with Crippen LogP contribution in [0.3, 0.4) is 0 Å². The van der Waals surface area contributed by atoms with E-state index in [2.05, 4.69) is 63.2 Å². The summed E-state index contributed by atoms with van der Waals surface area (Å²) < 4.78 is 5.55. The molecule has 30 heavy (non-hydrogen) atoms. The van der Waals surface area contributed by atoms with Gasteiger partial charge in [0.2, 0.25) is 0 Å². The molecule has 0 aliphatic heterocycles. The Hall–Kier alpha value is -2.33. The first-order chi connectivity index (χ1) is 14.4. The molecule has 3 aromatic rings. The molecule has 158 valence electrons. The van der Waals surface area contributed by atoms with E-state index in [0.29, 0.717) is 10.8 Å². The molecule has 2 unspecified atom stereocenters. The van der Waals surface area contributed by atoms with Crippen molar-refractivity contribution in [2.45, 2.75) is 39.2 Å². The Labute approximate surface area is 183 Å². The van der Waals surface area contributed by atoms with Gasteiger partial charge >= 0.3 is 0 Å². The molecule has 0 bridgehead atoms. The van der Waals surface area contributed by atoms with Crippen LogP contribution >= 0.6 is 11.6 Å². The van der Waals surface area contributed by atoms with Crippen molar-refractivity contribution in [3.8, 4) is 5.75 Å². The molecular formula is C26H29ClO3. The molecule has 0 aromatic heterocycles. The summed E-state index contributed by atoms with van der Waals surface area (Å²) in [4.78, 5) is 0. The van der Waals surface area contributed by atoms with Crippen molar-refractivity contribution in [3.05, 3.63) is 99.1 Å². The highest BCUT2D eigenvalue weighted by Gasteiger charge is 2.18. The monoisotopic (exact) mass is 424 g/mol. The quantitative estimate of drug-likeness (QED) is 0.511. The number of aliphatic hydroxyl groups is 2. The maximum absolute atomic E-state index is 9.52. The zero-order valence-electron chi connectivity index (χ0n) is 17.7. The third-order valence-corrected chi connectivity index (χ3v) is 5.75. The lowest BCUT2D eigenvalue weighted by atomic mass is 9.85. The van der Waals surface area contributed by atoms with Crippen molar-refractivity contribution in [1.29, 1.82) is 0 Å². The van der Waals surface area contributed by atoms with Crippen LogP contribution in [0.4, 0.5) is 0 Å². The minimum atomic E-state index is -0.925. The number of halogens is 1. The molecule has 0 fully saturated rings. The third-order valence-electron chi connectivity index (χ3n) is 5.46. The van der Waals surface area contributed by atoms with Gasteiger partial charge in [0.05, 0.1) is 11.6 Å². The summed E-state index contributed by atoms with van der Waals surface area (Å²) in [6, 6.07) is 21.0. The third kappa shape index (κ3) is 5.63. The molecule has 0 aliphatic rings. The van der Waals surface area contributed by atoms with Gasteiger partial charge in [0.25, 0.3) is 0 Å². The Kier molecular flexibility index (Phi) is 7.54. The zero-order chi connectivity index (χ0) is 21.7. The predicted octanol–water partition coefficient (Wildman–Crippen LogP) is 5.37. The van der Waals surface area contributed by atoms with E-state index in [-0.39, 0.29) is 19.1 Å². The fourth-order valence-electron chi connectivity index (χ4n) is 3.57. The molecule has 0 radical (unpaired) electrons. The molecule has 4 heteroatoms. The van der Waals surface area contributed by atoms with Crippen LogP contribution in [0.15, 0.2) is 60.7 Å².